The van der Waals surface area contributed by atoms with Crippen LogP contribution in [0.4, 0.5) is 8.78 Å². The van der Waals surface area contributed by atoms with Gasteiger partial charge in [-0.3, -0.25) is 4.90 Å². The number of aromatic nitrogens is 2. The molecule has 0 N–H and O–H groups in total. The van der Waals surface area contributed by atoms with Crippen molar-refractivity contribution in [1.82, 2.24) is 14.9 Å². The van der Waals surface area contributed by atoms with Crippen molar-refractivity contribution in [3.63, 3.8) is 0 Å². The molecule has 0 aliphatic carbocycles. The van der Waals surface area contributed by atoms with E-state index in [0.29, 0.717) is 26.4 Å². The molecular weight excluding hydrogens is 595 g/mol. The molecule has 2 atom stereocenters. The summed E-state index contributed by atoms with van der Waals surface area (Å²) in [4.78, 5) is 11.0. The maximum absolute atomic E-state index is 15.1. The van der Waals surface area contributed by atoms with Gasteiger partial charge in [0.15, 0.2) is 5.82 Å². The third kappa shape index (κ3) is 4.19. The molecule has 0 amide bonds. The first kappa shape index (κ1) is 22.2. The minimum absolute atomic E-state index is 0.0381. The van der Waals surface area contributed by atoms with Crippen molar-refractivity contribution in [3.8, 4) is 11.9 Å². The van der Waals surface area contributed by atoms with Crippen LogP contribution in [0.3, 0.4) is 0 Å². The van der Waals surface area contributed by atoms with Crippen molar-refractivity contribution in [2.24, 2.45) is 0 Å². The Morgan fingerprint density at radius 3 is 2.84 bits per heavy atom. The minimum atomic E-state index is -0.850. The van der Waals surface area contributed by atoms with Gasteiger partial charge in [0.1, 0.15) is 24.9 Å². The highest BCUT2D eigenvalue weighted by Crippen LogP contribution is 2.41. The summed E-state index contributed by atoms with van der Waals surface area (Å²) in [7, 11) is 0. The summed E-state index contributed by atoms with van der Waals surface area (Å²) >= 11 is 5.34. The molecule has 2 aromatic carbocycles. The molecule has 0 saturated carbocycles. The quantitative estimate of drug-likeness (QED) is 0.264. The van der Waals surface area contributed by atoms with Gasteiger partial charge in [0.05, 0.1) is 15.4 Å². The van der Waals surface area contributed by atoms with Gasteiger partial charge in [-0.15, -0.1) is 0 Å². The first-order valence-electron chi connectivity index (χ1n) is 10.5. The van der Waals surface area contributed by atoms with Crippen LogP contribution in [0.5, 0.6) is 11.9 Å². The zero-order valence-electron chi connectivity index (χ0n) is 17.2. The van der Waals surface area contributed by atoms with Gasteiger partial charge in [0.25, 0.3) is 0 Å². The highest BCUT2D eigenvalue weighted by Gasteiger charge is 2.49. The number of alkyl halides is 1. The Labute approximate surface area is 206 Å². The lowest BCUT2D eigenvalue weighted by atomic mass is 9.95. The summed E-state index contributed by atoms with van der Waals surface area (Å²) in [6.45, 7) is 1.85. The molecule has 0 bridgehead atoms. The number of nitrogens with zero attached hydrogens (tertiary/aromatic N) is 3. The number of hydrogen-bond donors (Lipinski definition) is 0. The summed E-state index contributed by atoms with van der Waals surface area (Å²) in [6.07, 6.45) is 1.48. The molecule has 32 heavy (non-hydrogen) atoms. The fourth-order valence-corrected chi connectivity index (χ4v) is 5.52. The van der Waals surface area contributed by atoms with E-state index >= 15 is 4.39 Å². The molecule has 2 aliphatic rings. The first-order valence-corrected chi connectivity index (χ1v) is 12.4. The third-order valence-corrected chi connectivity index (χ3v) is 8.59. The molecule has 168 valence electrons. The molecular formula is C23H21BrF2IN3O2. The summed E-state index contributed by atoms with van der Waals surface area (Å²) in [5.41, 5.74) is 0.754. The van der Waals surface area contributed by atoms with Crippen LogP contribution in [0.1, 0.15) is 24.8 Å². The van der Waals surface area contributed by atoms with Gasteiger partial charge in [-0.25, -0.2) is 8.78 Å². The Bertz CT molecular complexity index is 1150. The second-order valence-electron chi connectivity index (χ2n) is 8.33. The Kier molecular flexibility index (Phi) is 6.23. The van der Waals surface area contributed by atoms with Gasteiger partial charge < -0.3 is 9.47 Å². The molecule has 3 aromatic rings. The molecule has 2 aliphatic heterocycles. The lowest BCUT2D eigenvalue weighted by molar-refractivity contribution is 0.106. The van der Waals surface area contributed by atoms with E-state index in [-0.39, 0.29) is 36.2 Å². The van der Waals surface area contributed by atoms with E-state index < -0.39 is 12.0 Å². The molecule has 5 nitrogen and oxygen atoms in total. The Morgan fingerprint density at radius 1 is 1.22 bits per heavy atom. The predicted molar refractivity (Wildman–Crippen MR) is 129 cm³/mol. The number of rotatable bonds is 6. The highest BCUT2D eigenvalue weighted by atomic mass is 127. The molecule has 2 saturated heterocycles. The van der Waals surface area contributed by atoms with E-state index in [4.69, 9.17) is 9.47 Å². The summed E-state index contributed by atoms with van der Waals surface area (Å²) in [5.74, 6) is -0.234. The zero-order chi connectivity index (χ0) is 22.3. The van der Waals surface area contributed by atoms with E-state index in [0.717, 1.165) is 24.9 Å². The molecule has 0 spiro atoms. The molecule has 9 heteroatoms. The fourth-order valence-electron chi connectivity index (χ4n) is 4.67. The molecule has 0 radical (unpaired) electrons. The SMILES string of the molecule is Fc1c(Br)c(I)cc2c(OCc3ccccc3)nc(OC[C@@]34CCCN3C[C@H](F)C4)nc12. The van der Waals surface area contributed by atoms with Crippen molar-refractivity contribution < 1.29 is 18.3 Å². The third-order valence-electron chi connectivity index (χ3n) is 6.22. The topological polar surface area (TPSA) is 47.5 Å². The first-order chi connectivity index (χ1) is 15.4. The van der Waals surface area contributed by atoms with Gasteiger partial charge in [-0.05, 0) is 69.5 Å². The summed E-state index contributed by atoms with van der Waals surface area (Å²) < 4.78 is 42.1. The molecule has 2 fully saturated rings. The van der Waals surface area contributed by atoms with Gasteiger partial charge in [0, 0.05) is 16.5 Å². The maximum Gasteiger partial charge on any atom is 0.320 e. The second kappa shape index (κ2) is 8.98. The van der Waals surface area contributed by atoms with Gasteiger partial charge in [0.2, 0.25) is 5.88 Å². The number of ether oxygens (including phenoxy) is 2. The van der Waals surface area contributed by atoms with Crippen LogP contribution in [0.15, 0.2) is 40.9 Å². The molecule has 5 rings (SSSR count). The monoisotopic (exact) mass is 615 g/mol. The Balaban J connectivity index is 1.47. The number of fused-ring (bicyclic) bond motifs is 2. The van der Waals surface area contributed by atoms with Crippen LogP contribution < -0.4 is 9.47 Å². The Hall–Kier alpha value is -1.59. The van der Waals surface area contributed by atoms with Crippen LogP contribution in [0.2, 0.25) is 0 Å². The van der Waals surface area contributed by atoms with Gasteiger partial charge in [-0.2, -0.15) is 9.97 Å². The van der Waals surface area contributed by atoms with E-state index in [9.17, 15) is 4.39 Å². The normalized spacial score (nSPS) is 22.9. The fraction of sp³-hybridized carbons (Fsp3) is 0.391. The standard InChI is InChI=1S/C23H21BrF2IN3O2/c24-18-17(27)9-16-20(19(18)26)28-22(29-21(16)31-12-14-5-2-1-3-6-14)32-13-23-7-4-8-30(23)11-15(25)10-23/h1-3,5-6,9,15H,4,7-8,10-13H2/t15-,23+/m1/s1. The van der Waals surface area contributed by atoms with Crippen LogP contribution in [-0.4, -0.2) is 46.3 Å². The van der Waals surface area contributed by atoms with Crippen LogP contribution in [0, 0.1) is 9.39 Å². The lowest BCUT2D eigenvalue weighted by Gasteiger charge is -2.30. The van der Waals surface area contributed by atoms with E-state index in [1.807, 2.05) is 30.3 Å². The molecule has 1 aromatic heterocycles. The highest BCUT2D eigenvalue weighted by molar-refractivity contribution is 14.1. The maximum atomic E-state index is 15.1. The van der Waals surface area contributed by atoms with Gasteiger partial charge in [-0.1, -0.05) is 30.3 Å². The molecule has 0 unspecified atom stereocenters. The van der Waals surface area contributed by atoms with Crippen LogP contribution >= 0.6 is 38.5 Å². The van der Waals surface area contributed by atoms with E-state index in [2.05, 4.69) is 53.4 Å². The van der Waals surface area contributed by atoms with Crippen molar-refractivity contribution in [2.75, 3.05) is 19.7 Å². The minimum Gasteiger partial charge on any atom is -0.472 e. The Morgan fingerprint density at radius 2 is 2.03 bits per heavy atom. The lowest BCUT2D eigenvalue weighted by Crippen LogP contribution is -2.43. The van der Waals surface area contributed by atoms with Crippen LogP contribution in [0.25, 0.3) is 10.9 Å². The number of hydrogen-bond acceptors (Lipinski definition) is 5. The number of benzene rings is 2. The molecule has 3 heterocycles. The summed E-state index contributed by atoms with van der Waals surface area (Å²) in [6, 6.07) is 11.5. The van der Waals surface area contributed by atoms with Crippen molar-refractivity contribution >= 4 is 49.4 Å². The van der Waals surface area contributed by atoms with E-state index in [1.165, 1.54) is 0 Å². The van der Waals surface area contributed by atoms with Crippen molar-refractivity contribution in [3.05, 3.63) is 55.8 Å². The predicted octanol–water partition coefficient (Wildman–Crippen LogP) is 5.67. The van der Waals surface area contributed by atoms with Gasteiger partial charge >= 0.3 is 6.01 Å². The zero-order valence-corrected chi connectivity index (χ0v) is 20.9. The average Bonchev–Trinajstić information content (AvgIpc) is 3.31. The van der Waals surface area contributed by atoms with E-state index in [1.54, 1.807) is 6.07 Å². The summed E-state index contributed by atoms with van der Waals surface area (Å²) in [5, 5.41) is 0.476. The van der Waals surface area contributed by atoms with Crippen molar-refractivity contribution in [1.29, 1.82) is 0 Å². The second-order valence-corrected chi connectivity index (χ2v) is 10.3. The van der Waals surface area contributed by atoms with Crippen LogP contribution in [-0.2, 0) is 6.61 Å². The smallest absolute Gasteiger partial charge is 0.320 e. The largest absolute Gasteiger partial charge is 0.472 e. The number of halogens is 4. The average molecular weight is 616 g/mol. The van der Waals surface area contributed by atoms with Crippen molar-refractivity contribution in [2.45, 2.75) is 37.6 Å².